The van der Waals surface area contributed by atoms with Crippen LogP contribution in [0.25, 0.3) is 0 Å². The molecule has 4 nitrogen and oxygen atoms in total. The Kier molecular flexibility index (Phi) is 6.46. The topological polar surface area (TPSA) is 61.4 Å². The van der Waals surface area contributed by atoms with Crippen molar-refractivity contribution in [1.82, 2.24) is 10.6 Å². The van der Waals surface area contributed by atoms with Gasteiger partial charge in [0, 0.05) is 6.54 Å². The van der Waals surface area contributed by atoms with Crippen LogP contribution in [0.4, 0.5) is 4.39 Å². The first-order chi connectivity index (χ1) is 11.6. The summed E-state index contributed by atoms with van der Waals surface area (Å²) in [5, 5.41) is 15.8. The average Bonchev–Trinajstić information content (AvgIpc) is 2.63. The van der Waals surface area contributed by atoms with Crippen LogP contribution < -0.4 is 10.6 Å². The molecule has 1 unspecified atom stereocenters. The van der Waals surface area contributed by atoms with E-state index in [9.17, 15) is 14.3 Å². The van der Waals surface area contributed by atoms with Gasteiger partial charge < -0.3 is 10.4 Å². The van der Waals surface area contributed by atoms with Crippen molar-refractivity contribution in [2.45, 2.75) is 25.4 Å². The Morgan fingerprint density at radius 1 is 1.12 bits per heavy atom. The van der Waals surface area contributed by atoms with Crippen LogP contribution >= 0.6 is 0 Å². The smallest absolute Gasteiger partial charge is 0.234 e. The first-order valence-electron chi connectivity index (χ1n) is 8.02. The summed E-state index contributed by atoms with van der Waals surface area (Å²) in [6.45, 7) is 2.29. The van der Waals surface area contributed by atoms with Gasteiger partial charge in [-0.1, -0.05) is 49.4 Å². The second-order valence-corrected chi connectivity index (χ2v) is 5.72. The fourth-order valence-corrected chi connectivity index (χ4v) is 2.56. The highest BCUT2D eigenvalue weighted by atomic mass is 19.1. The zero-order valence-corrected chi connectivity index (χ0v) is 13.8. The monoisotopic (exact) mass is 330 g/mol. The van der Waals surface area contributed by atoms with E-state index < -0.39 is 5.54 Å². The van der Waals surface area contributed by atoms with Crippen LogP contribution in [0.1, 0.15) is 24.5 Å². The molecule has 0 fully saturated rings. The number of carbonyl (C=O) groups excluding carboxylic acids is 1. The summed E-state index contributed by atoms with van der Waals surface area (Å²) >= 11 is 0. The van der Waals surface area contributed by atoms with Crippen LogP contribution in [-0.2, 0) is 16.9 Å². The van der Waals surface area contributed by atoms with Crippen molar-refractivity contribution in [3.05, 3.63) is 71.5 Å². The van der Waals surface area contributed by atoms with Crippen LogP contribution in [0.2, 0.25) is 0 Å². The van der Waals surface area contributed by atoms with Gasteiger partial charge in [0.15, 0.2) is 0 Å². The average molecular weight is 330 g/mol. The van der Waals surface area contributed by atoms with Gasteiger partial charge in [-0.25, -0.2) is 4.39 Å². The number of hydrogen-bond acceptors (Lipinski definition) is 3. The van der Waals surface area contributed by atoms with Crippen LogP contribution in [0.5, 0.6) is 0 Å². The lowest BCUT2D eigenvalue weighted by atomic mass is 9.88. The van der Waals surface area contributed by atoms with Crippen molar-refractivity contribution < 1.29 is 14.3 Å². The van der Waals surface area contributed by atoms with Crippen molar-refractivity contribution >= 4 is 5.91 Å². The van der Waals surface area contributed by atoms with Crippen molar-refractivity contribution in [2.75, 3.05) is 13.2 Å². The predicted molar refractivity (Wildman–Crippen MR) is 91.7 cm³/mol. The summed E-state index contributed by atoms with van der Waals surface area (Å²) in [6.07, 6.45) is 0.652. The number of halogens is 1. The maximum absolute atomic E-state index is 12.9. The Hall–Kier alpha value is -2.24. The van der Waals surface area contributed by atoms with Crippen molar-refractivity contribution in [3.63, 3.8) is 0 Å². The number of nitrogens with one attached hydrogen (secondary N) is 2. The maximum Gasteiger partial charge on any atom is 0.234 e. The quantitative estimate of drug-likeness (QED) is 0.696. The first kappa shape index (κ1) is 18.1. The molecule has 0 aliphatic heterocycles. The van der Waals surface area contributed by atoms with Gasteiger partial charge in [-0.2, -0.15) is 0 Å². The van der Waals surface area contributed by atoms with Crippen molar-refractivity contribution in [2.24, 2.45) is 0 Å². The van der Waals surface area contributed by atoms with Crippen LogP contribution in [0.3, 0.4) is 0 Å². The van der Waals surface area contributed by atoms with E-state index in [-0.39, 0.29) is 24.9 Å². The Balaban J connectivity index is 1.92. The van der Waals surface area contributed by atoms with E-state index in [0.717, 1.165) is 11.1 Å². The van der Waals surface area contributed by atoms with Gasteiger partial charge in [-0.15, -0.1) is 0 Å². The number of amides is 1. The van der Waals surface area contributed by atoms with Gasteiger partial charge in [0.2, 0.25) is 5.91 Å². The zero-order chi connectivity index (χ0) is 17.4. The van der Waals surface area contributed by atoms with E-state index in [2.05, 4.69) is 10.6 Å². The lowest BCUT2D eigenvalue weighted by Gasteiger charge is -2.32. The maximum atomic E-state index is 12.9. The number of benzene rings is 2. The summed E-state index contributed by atoms with van der Waals surface area (Å²) < 4.78 is 12.9. The highest BCUT2D eigenvalue weighted by Crippen LogP contribution is 2.24. The molecule has 0 saturated carbocycles. The van der Waals surface area contributed by atoms with E-state index in [0.29, 0.717) is 13.0 Å². The molecule has 128 valence electrons. The van der Waals surface area contributed by atoms with Gasteiger partial charge in [0.05, 0.1) is 18.7 Å². The van der Waals surface area contributed by atoms with Gasteiger partial charge in [-0.05, 0) is 29.7 Å². The molecule has 0 heterocycles. The molecule has 0 bridgehead atoms. The molecule has 2 aromatic carbocycles. The van der Waals surface area contributed by atoms with E-state index in [4.69, 9.17) is 0 Å². The molecule has 1 amide bonds. The number of aliphatic hydroxyl groups is 1. The minimum Gasteiger partial charge on any atom is -0.394 e. The summed E-state index contributed by atoms with van der Waals surface area (Å²) in [4.78, 5) is 12.1. The normalized spacial score (nSPS) is 13.3. The molecule has 5 heteroatoms. The van der Waals surface area contributed by atoms with Gasteiger partial charge in [-0.3, -0.25) is 10.1 Å². The van der Waals surface area contributed by atoms with Crippen molar-refractivity contribution in [3.8, 4) is 0 Å². The largest absolute Gasteiger partial charge is 0.394 e. The van der Waals surface area contributed by atoms with Crippen LogP contribution in [0, 0.1) is 5.82 Å². The Bertz CT molecular complexity index is 640. The number of rotatable bonds is 8. The number of hydrogen-bond donors (Lipinski definition) is 3. The SMILES string of the molecule is CCC(CO)(NCC(=O)NCc1ccc(F)cc1)c1ccccc1. The molecular weight excluding hydrogens is 307 g/mol. The van der Waals surface area contributed by atoms with E-state index >= 15 is 0 Å². The molecule has 0 aliphatic rings. The molecule has 0 spiro atoms. The lowest BCUT2D eigenvalue weighted by molar-refractivity contribution is -0.120. The molecule has 2 rings (SSSR count). The first-order valence-corrected chi connectivity index (χ1v) is 8.02. The molecule has 3 N–H and O–H groups in total. The fraction of sp³-hybridized carbons (Fsp3) is 0.316. The predicted octanol–water partition coefficient (Wildman–Crippen LogP) is 2.33. The lowest BCUT2D eigenvalue weighted by Crippen LogP contribution is -2.49. The summed E-state index contributed by atoms with van der Waals surface area (Å²) in [7, 11) is 0. The third kappa shape index (κ3) is 4.63. The van der Waals surface area contributed by atoms with Crippen molar-refractivity contribution in [1.29, 1.82) is 0 Å². The van der Waals surface area contributed by atoms with Gasteiger partial charge >= 0.3 is 0 Å². The Labute approximate surface area is 141 Å². The molecule has 24 heavy (non-hydrogen) atoms. The summed E-state index contributed by atoms with van der Waals surface area (Å²) in [5.41, 5.74) is 1.13. The van der Waals surface area contributed by atoms with E-state index in [1.807, 2.05) is 37.3 Å². The second kappa shape index (κ2) is 8.57. The fourth-order valence-electron chi connectivity index (χ4n) is 2.56. The summed E-state index contributed by atoms with van der Waals surface area (Å²) in [6, 6.07) is 15.6. The van der Waals surface area contributed by atoms with E-state index in [1.54, 1.807) is 12.1 Å². The molecule has 2 aromatic rings. The minimum absolute atomic E-state index is 0.0878. The molecular formula is C19H23FN2O2. The van der Waals surface area contributed by atoms with Crippen LogP contribution in [0.15, 0.2) is 54.6 Å². The number of aliphatic hydroxyl groups excluding tert-OH is 1. The Morgan fingerprint density at radius 2 is 1.79 bits per heavy atom. The third-order valence-electron chi connectivity index (χ3n) is 4.19. The molecule has 0 aromatic heterocycles. The highest BCUT2D eigenvalue weighted by Gasteiger charge is 2.29. The molecule has 0 saturated heterocycles. The van der Waals surface area contributed by atoms with Gasteiger partial charge in [0.1, 0.15) is 5.82 Å². The molecule has 0 aliphatic carbocycles. The molecule has 1 atom stereocenters. The second-order valence-electron chi connectivity index (χ2n) is 5.72. The standard InChI is InChI=1S/C19H23FN2O2/c1-2-19(14-23,16-6-4-3-5-7-16)22-13-18(24)21-12-15-8-10-17(20)11-9-15/h3-11,22-23H,2,12-14H2,1H3,(H,21,24). The number of carbonyl (C=O) groups is 1. The van der Waals surface area contributed by atoms with E-state index in [1.165, 1.54) is 12.1 Å². The Morgan fingerprint density at radius 3 is 2.38 bits per heavy atom. The highest BCUT2D eigenvalue weighted by molar-refractivity contribution is 5.78. The summed E-state index contributed by atoms with van der Waals surface area (Å²) in [5.74, 6) is -0.480. The van der Waals surface area contributed by atoms with Gasteiger partial charge in [0.25, 0.3) is 0 Å². The van der Waals surface area contributed by atoms with Crippen LogP contribution in [-0.4, -0.2) is 24.2 Å². The third-order valence-corrected chi connectivity index (χ3v) is 4.19. The minimum atomic E-state index is -0.644. The zero-order valence-electron chi connectivity index (χ0n) is 13.8. The molecule has 0 radical (unpaired) electrons.